The zero-order valence-electron chi connectivity index (χ0n) is 28.7. The van der Waals surface area contributed by atoms with Gasteiger partial charge in [-0.15, -0.1) is 0 Å². The van der Waals surface area contributed by atoms with E-state index in [4.69, 9.17) is 21.5 Å². The van der Waals surface area contributed by atoms with Gasteiger partial charge in [0.1, 0.15) is 0 Å². The molecule has 0 aliphatic rings. The highest BCUT2D eigenvalue weighted by Crippen LogP contribution is 2.40. The van der Waals surface area contributed by atoms with Crippen molar-refractivity contribution in [1.29, 1.82) is 5.26 Å². The lowest BCUT2D eigenvalue weighted by molar-refractivity contribution is 1.06. The summed E-state index contributed by atoms with van der Waals surface area (Å²) < 4.78 is 4.44. The van der Waals surface area contributed by atoms with E-state index in [2.05, 4.69) is 92.8 Å². The van der Waals surface area contributed by atoms with Crippen LogP contribution in [0.1, 0.15) is 5.56 Å². The molecule has 54 heavy (non-hydrogen) atoms. The standard InChI is InChI=1S/C47H27N7/c1-49-32-24-26-44(54-41-21-11-7-17-35(41)36-18-8-12-22-42(36)54)38(28-32)47-51-45(31-13-3-2-4-14-31)50-46(52-47)37-27-30(29-48)23-25-43(37)53-39-19-9-5-15-33(39)34-16-6-10-20-40(34)53/h2-28H. The molecule has 7 nitrogen and oxygen atoms in total. The Bertz CT molecular complexity index is 2890. The van der Waals surface area contributed by atoms with Gasteiger partial charge in [0.15, 0.2) is 23.2 Å². The molecule has 3 aromatic heterocycles. The number of para-hydroxylation sites is 4. The Hall–Kier alpha value is -7.87. The lowest BCUT2D eigenvalue weighted by Crippen LogP contribution is -2.05. The largest absolute Gasteiger partial charge is 0.309 e. The van der Waals surface area contributed by atoms with Crippen molar-refractivity contribution in [1.82, 2.24) is 24.1 Å². The molecule has 0 unspecified atom stereocenters. The second kappa shape index (κ2) is 12.4. The molecule has 0 saturated carbocycles. The Morgan fingerprint density at radius 3 is 1.37 bits per heavy atom. The Kier molecular flexibility index (Phi) is 7.11. The molecule has 0 radical (unpaired) electrons. The molecule has 0 bridgehead atoms. The summed E-state index contributed by atoms with van der Waals surface area (Å²) in [5.41, 5.74) is 8.93. The van der Waals surface area contributed by atoms with Gasteiger partial charge in [-0.1, -0.05) is 109 Å². The molecule has 7 aromatic carbocycles. The fraction of sp³-hybridized carbons (Fsp3) is 0. The van der Waals surface area contributed by atoms with Gasteiger partial charge in [0, 0.05) is 38.2 Å². The number of nitriles is 1. The topological polar surface area (TPSA) is 76.7 Å². The van der Waals surface area contributed by atoms with Crippen molar-refractivity contribution >= 4 is 49.3 Å². The van der Waals surface area contributed by atoms with E-state index in [0.29, 0.717) is 39.9 Å². The van der Waals surface area contributed by atoms with Crippen molar-refractivity contribution in [2.45, 2.75) is 0 Å². The average molecular weight is 690 g/mol. The molecule has 10 rings (SSSR count). The van der Waals surface area contributed by atoms with E-state index >= 15 is 0 Å². The van der Waals surface area contributed by atoms with E-state index in [1.165, 1.54) is 0 Å². The number of hydrogen-bond acceptors (Lipinski definition) is 4. The first-order chi connectivity index (χ1) is 26.7. The van der Waals surface area contributed by atoms with E-state index in [-0.39, 0.29) is 0 Å². The summed E-state index contributed by atoms with van der Waals surface area (Å²) in [5, 5.41) is 14.7. The smallest absolute Gasteiger partial charge is 0.188 e. The molecule has 10 aromatic rings. The van der Waals surface area contributed by atoms with E-state index < -0.39 is 0 Å². The summed E-state index contributed by atoms with van der Waals surface area (Å²) in [7, 11) is 0. The third kappa shape index (κ3) is 4.85. The Balaban J connectivity index is 1.30. The molecule has 0 N–H and O–H groups in total. The van der Waals surface area contributed by atoms with Crippen LogP contribution in [0.2, 0.25) is 0 Å². The van der Waals surface area contributed by atoms with Crippen LogP contribution in [0, 0.1) is 17.9 Å². The first-order valence-corrected chi connectivity index (χ1v) is 17.6. The lowest BCUT2D eigenvalue weighted by Gasteiger charge is -2.17. The van der Waals surface area contributed by atoms with Gasteiger partial charge in [-0.3, -0.25) is 0 Å². The van der Waals surface area contributed by atoms with Crippen molar-refractivity contribution < 1.29 is 0 Å². The van der Waals surface area contributed by atoms with E-state index in [0.717, 1.165) is 60.5 Å². The minimum absolute atomic E-state index is 0.411. The van der Waals surface area contributed by atoms with Crippen LogP contribution >= 0.6 is 0 Å². The minimum atomic E-state index is 0.411. The maximum atomic E-state index is 10.2. The average Bonchev–Trinajstić information content (AvgIpc) is 3.76. The molecule has 7 heteroatoms. The third-order valence-corrected chi connectivity index (χ3v) is 10.0. The molecule has 0 fully saturated rings. The van der Waals surface area contributed by atoms with Crippen molar-refractivity contribution in [3.8, 4) is 51.6 Å². The summed E-state index contributed by atoms with van der Waals surface area (Å²) in [4.78, 5) is 19.3. The minimum Gasteiger partial charge on any atom is -0.309 e. The van der Waals surface area contributed by atoms with Gasteiger partial charge in [0.25, 0.3) is 0 Å². The second-order valence-electron chi connectivity index (χ2n) is 13.1. The fourth-order valence-electron chi connectivity index (χ4n) is 7.64. The van der Waals surface area contributed by atoms with Crippen LogP contribution in [0.3, 0.4) is 0 Å². The zero-order chi connectivity index (χ0) is 36.2. The zero-order valence-corrected chi connectivity index (χ0v) is 28.7. The van der Waals surface area contributed by atoms with Gasteiger partial charge in [0.2, 0.25) is 0 Å². The second-order valence-corrected chi connectivity index (χ2v) is 13.1. The van der Waals surface area contributed by atoms with Crippen LogP contribution < -0.4 is 0 Å². The maximum absolute atomic E-state index is 10.2. The van der Waals surface area contributed by atoms with Crippen LogP contribution in [-0.4, -0.2) is 24.1 Å². The molecule has 3 heterocycles. The normalized spacial score (nSPS) is 11.3. The first-order valence-electron chi connectivity index (χ1n) is 17.6. The number of fused-ring (bicyclic) bond motifs is 6. The Morgan fingerprint density at radius 1 is 0.463 bits per heavy atom. The van der Waals surface area contributed by atoms with Crippen LogP contribution in [0.5, 0.6) is 0 Å². The monoisotopic (exact) mass is 689 g/mol. The third-order valence-electron chi connectivity index (χ3n) is 10.0. The van der Waals surface area contributed by atoms with Crippen LogP contribution in [-0.2, 0) is 0 Å². The Labute approximate surface area is 310 Å². The van der Waals surface area contributed by atoms with Gasteiger partial charge >= 0.3 is 0 Å². The first kappa shape index (κ1) is 30.9. The van der Waals surface area contributed by atoms with Gasteiger partial charge in [-0.2, -0.15) is 5.26 Å². The number of benzene rings is 7. The summed E-state index contributed by atoms with van der Waals surface area (Å²) in [6.45, 7) is 7.98. The van der Waals surface area contributed by atoms with Crippen LogP contribution in [0.15, 0.2) is 164 Å². The van der Waals surface area contributed by atoms with Gasteiger partial charge in [-0.05, 0) is 54.6 Å². The highest BCUT2D eigenvalue weighted by atomic mass is 15.1. The van der Waals surface area contributed by atoms with Crippen LogP contribution in [0.25, 0.3) is 94.0 Å². The van der Waals surface area contributed by atoms with E-state index in [1.807, 2.05) is 91.0 Å². The van der Waals surface area contributed by atoms with E-state index in [9.17, 15) is 5.26 Å². The number of hydrogen-bond donors (Lipinski definition) is 0. The lowest BCUT2D eigenvalue weighted by atomic mass is 10.1. The summed E-state index contributed by atoms with van der Waals surface area (Å²) in [6.07, 6.45) is 0. The number of aromatic nitrogens is 5. The number of rotatable bonds is 5. The predicted molar refractivity (Wildman–Crippen MR) is 216 cm³/mol. The summed E-state index contributed by atoms with van der Waals surface area (Å²) >= 11 is 0. The summed E-state index contributed by atoms with van der Waals surface area (Å²) in [5.74, 6) is 1.30. The highest BCUT2D eigenvalue weighted by Gasteiger charge is 2.22. The SMILES string of the molecule is [C-]#[N+]c1ccc(-n2c3ccccc3c3ccccc32)c(-c2nc(-c3ccccc3)nc(-c3cc(C#N)ccc3-n3c4ccccc4c4ccccc43)n2)c1. The quantitative estimate of drug-likeness (QED) is 0.169. The van der Waals surface area contributed by atoms with E-state index in [1.54, 1.807) is 0 Å². The molecule has 0 aliphatic heterocycles. The number of nitrogens with zero attached hydrogens (tertiary/aromatic N) is 7. The molecule has 0 spiro atoms. The van der Waals surface area contributed by atoms with Gasteiger partial charge in [-0.25, -0.2) is 19.8 Å². The predicted octanol–water partition coefficient (Wildman–Crippen LogP) is 11.5. The Morgan fingerprint density at radius 2 is 0.889 bits per heavy atom. The molecule has 0 amide bonds. The van der Waals surface area contributed by atoms with Crippen molar-refractivity contribution in [2.75, 3.05) is 0 Å². The molecular formula is C47H27N7. The molecular weight excluding hydrogens is 663 g/mol. The van der Waals surface area contributed by atoms with Crippen LogP contribution in [0.4, 0.5) is 5.69 Å². The molecule has 0 saturated heterocycles. The maximum Gasteiger partial charge on any atom is 0.188 e. The molecule has 250 valence electrons. The van der Waals surface area contributed by atoms with Gasteiger partial charge in [0.05, 0.1) is 51.6 Å². The molecule has 0 atom stereocenters. The highest BCUT2D eigenvalue weighted by molar-refractivity contribution is 6.11. The summed E-state index contributed by atoms with van der Waals surface area (Å²) in [6, 6.07) is 56.9. The van der Waals surface area contributed by atoms with Gasteiger partial charge < -0.3 is 9.13 Å². The molecule has 0 aliphatic carbocycles. The van der Waals surface area contributed by atoms with Crippen molar-refractivity contribution in [3.05, 3.63) is 181 Å². The van der Waals surface area contributed by atoms with Crippen molar-refractivity contribution in [2.24, 2.45) is 0 Å². The van der Waals surface area contributed by atoms with Crippen molar-refractivity contribution in [3.63, 3.8) is 0 Å². The fourth-order valence-corrected chi connectivity index (χ4v) is 7.64.